The minimum absolute atomic E-state index is 0.0681. The van der Waals surface area contributed by atoms with Gasteiger partial charge in [0, 0.05) is 5.71 Å². The summed E-state index contributed by atoms with van der Waals surface area (Å²) in [6.45, 7) is 3.17. The van der Waals surface area contributed by atoms with Crippen LogP contribution >= 0.6 is 0 Å². The molecule has 0 aliphatic carbocycles. The van der Waals surface area contributed by atoms with Crippen molar-refractivity contribution in [1.82, 2.24) is 0 Å². The molecular formula is C24H22FNO3. The van der Waals surface area contributed by atoms with E-state index in [0.717, 1.165) is 28.7 Å². The molecule has 0 atom stereocenters. The average Bonchev–Trinajstić information content (AvgIpc) is 2.70. The van der Waals surface area contributed by atoms with Gasteiger partial charge in [-0.15, -0.1) is 0 Å². The number of hydrogen-bond donors (Lipinski definition) is 2. The molecule has 0 spiro atoms. The molecule has 0 saturated heterocycles. The molecule has 0 unspecified atom stereocenters. The van der Waals surface area contributed by atoms with E-state index in [0.29, 0.717) is 5.71 Å². The van der Waals surface area contributed by atoms with Gasteiger partial charge in [0.05, 0.1) is 5.56 Å². The Hall–Kier alpha value is -3.47. The van der Waals surface area contributed by atoms with Crippen molar-refractivity contribution in [2.75, 3.05) is 0 Å². The van der Waals surface area contributed by atoms with Gasteiger partial charge in [-0.3, -0.25) is 4.79 Å². The molecule has 5 heteroatoms. The Morgan fingerprint density at radius 2 is 1.69 bits per heavy atom. The first kappa shape index (κ1) is 20.3. The quantitative estimate of drug-likeness (QED) is 0.425. The lowest BCUT2D eigenvalue weighted by Gasteiger charge is -2.11. The number of halogens is 1. The fourth-order valence-corrected chi connectivity index (χ4v) is 3.01. The summed E-state index contributed by atoms with van der Waals surface area (Å²) in [5.41, 5.74) is 4.47. The largest absolute Gasteiger partial charge is 0.504 e. The Morgan fingerprint density at radius 3 is 2.34 bits per heavy atom. The molecule has 2 N–H and O–H groups in total. The molecule has 0 radical (unpaired) electrons. The van der Waals surface area contributed by atoms with Crippen LogP contribution in [-0.4, -0.2) is 16.6 Å². The van der Waals surface area contributed by atoms with E-state index in [1.165, 1.54) is 19.1 Å². The molecule has 0 aliphatic rings. The van der Waals surface area contributed by atoms with Crippen LogP contribution in [-0.2, 0) is 13.0 Å². The highest BCUT2D eigenvalue weighted by atomic mass is 19.1. The molecule has 0 aromatic heterocycles. The van der Waals surface area contributed by atoms with E-state index in [1.807, 2.05) is 48.5 Å². The topological polar surface area (TPSA) is 70.4 Å². The van der Waals surface area contributed by atoms with Crippen LogP contribution in [0.2, 0.25) is 0 Å². The zero-order chi connectivity index (χ0) is 21.0. The molecule has 29 heavy (non-hydrogen) atoms. The van der Waals surface area contributed by atoms with E-state index in [9.17, 15) is 14.3 Å². The van der Waals surface area contributed by atoms with Crippen LogP contribution in [0.4, 0.5) is 4.39 Å². The van der Waals surface area contributed by atoms with Crippen molar-refractivity contribution in [2.45, 2.75) is 26.9 Å². The molecule has 3 rings (SSSR count). The zero-order valence-electron chi connectivity index (χ0n) is 16.3. The predicted octanol–water partition coefficient (Wildman–Crippen LogP) is 5.29. The molecule has 0 amide bonds. The highest BCUT2D eigenvalue weighted by Crippen LogP contribution is 2.30. The van der Waals surface area contributed by atoms with Crippen LogP contribution in [0.3, 0.4) is 0 Å². The molecule has 3 aromatic rings. The van der Waals surface area contributed by atoms with Crippen molar-refractivity contribution >= 4 is 11.5 Å². The van der Waals surface area contributed by atoms with Gasteiger partial charge in [-0.1, -0.05) is 42.5 Å². The Bertz CT molecular complexity index is 1060. The molecule has 4 nitrogen and oxygen atoms in total. The molecule has 0 bridgehead atoms. The zero-order valence-corrected chi connectivity index (χ0v) is 16.3. The normalized spacial score (nSPS) is 10.6. The number of phenolic OH excluding ortho intramolecular Hbond substituents is 1. The smallest absolute Gasteiger partial charge is 0.207 e. The van der Waals surface area contributed by atoms with E-state index in [2.05, 4.69) is 0 Å². The molecule has 0 fully saturated rings. The molecule has 0 saturated carbocycles. The van der Waals surface area contributed by atoms with Crippen LogP contribution < -0.4 is 4.74 Å². The summed E-state index contributed by atoms with van der Waals surface area (Å²) >= 11 is 0. The SMILES string of the molecule is CC(=N)c1cccc(Cc2ccc(COc3ccc(C(C)=O)c(O)c3F)cc2)c1. The molecular weight excluding hydrogens is 369 g/mol. The summed E-state index contributed by atoms with van der Waals surface area (Å²) in [6, 6.07) is 18.4. The lowest BCUT2D eigenvalue weighted by Crippen LogP contribution is -2.01. The maximum Gasteiger partial charge on any atom is 0.207 e. The van der Waals surface area contributed by atoms with Crippen molar-refractivity contribution in [3.8, 4) is 11.5 Å². The van der Waals surface area contributed by atoms with Gasteiger partial charge < -0.3 is 15.3 Å². The number of Topliss-reactive ketones (excluding diaryl/α,β-unsaturated/α-hetero) is 1. The summed E-state index contributed by atoms with van der Waals surface area (Å²) in [6.07, 6.45) is 0.747. The van der Waals surface area contributed by atoms with Gasteiger partial charge >= 0.3 is 0 Å². The number of aromatic hydroxyl groups is 1. The van der Waals surface area contributed by atoms with Crippen molar-refractivity contribution in [3.63, 3.8) is 0 Å². The van der Waals surface area contributed by atoms with Crippen molar-refractivity contribution in [1.29, 1.82) is 5.41 Å². The third-order valence-electron chi connectivity index (χ3n) is 4.65. The first-order valence-electron chi connectivity index (χ1n) is 9.22. The summed E-state index contributed by atoms with van der Waals surface area (Å²) in [4.78, 5) is 11.3. The van der Waals surface area contributed by atoms with E-state index < -0.39 is 17.3 Å². The molecule has 3 aromatic carbocycles. The number of carbonyl (C=O) groups excluding carboxylic acids is 1. The minimum atomic E-state index is -0.935. The van der Waals surface area contributed by atoms with Gasteiger partial charge in [0.2, 0.25) is 5.82 Å². The number of carbonyl (C=O) groups is 1. The number of hydrogen-bond acceptors (Lipinski definition) is 4. The van der Waals surface area contributed by atoms with Crippen LogP contribution in [0.15, 0.2) is 60.7 Å². The second-order valence-electron chi connectivity index (χ2n) is 6.94. The first-order chi connectivity index (χ1) is 13.8. The highest BCUT2D eigenvalue weighted by molar-refractivity contribution is 5.97. The third kappa shape index (κ3) is 4.88. The van der Waals surface area contributed by atoms with Crippen molar-refractivity contribution in [3.05, 3.63) is 94.3 Å². The van der Waals surface area contributed by atoms with Gasteiger partial charge in [-0.25, -0.2) is 0 Å². The lowest BCUT2D eigenvalue weighted by atomic mass is 10.0. The Labute approximate surface area is 169 Å². The maximum atomic E-state index is 14.2. The number of nitrogens with one attached hydrogen (secondary N) is 1. The number of phenols is 1. The van der Waals surface area contributed by atoms with Gasteiger partial charge in [-0.05, 0) is 60.7 Å². The van der Waals surface area contributed by atoms with Crippen molar-refractivity contribution < 1.29 is 19.0 Å². The van der Waals surface area contributed by atoms with Crippen LogP contribution in [0.25, 0.3) is 0 Å². The lowest BCUT2D eigenvalue weighted by molar-refractivity contribution is 0.101. The summed E-state index contributed by atoms with van der Waals surface area (Å²) < 4.78 is 19.6. The van der Waals surface area contributed by atoms with Crippen LogP contribution in [0.5, 0.6) is 11.5 Å². The second-order valence-corrected chi connectivity index (χ2v) is 6.94. The monoisotopic (exact) mass is 391 g/mol. The number of ether oxygens (including phenoxy) is 1. The van der Waals surface area contributed by atoms with Crippen molar-refractivity contribution in [2.24, 2.45) is 0 Å². The highest BCUT2D eigenvalue weighted by Gasteiger charge is 2.16. The number of rotatable bonds is 7. The van der Waals surface area contributed by atoms with Gasteiger partial charge in [0.1, 0.15) is 6.61 Å². The standard InChI is InChI=1S/C24H22FNO3/c1-15(26)20-5-3-4-19(13-20)12-17-6-8-18(9-7-17)14-29-22-11-10-21(16(2)27)24(28)23(22)25/h3-11,13,26,28H,12,14H2,1-2H3. The first-order valence-corrected chi connectivity index (χ1v) is 9.22. The second kappa shape index (κ2) is 8.69. The summed E-state index contributed by atoms with van der Waals surface area (Å²) in [7, 11) is 0. The van der Waals surface area contributed by atoms with E-state index >= 15 is 0 Å². The fourth-order valence-electron chi connectivity index (χ4n) is 3.01. The van der Waals surface area contributed by atoms with Gasteiger partial charge in [0.25, 0.3) is 0 Å². The molecule has 0 heterocycles. The maximum absolute atomic E-state index is 14.2. The predicted molar refractivity (Wildman–Crippen MR) is 111 cm³/mol. The third-order valence-corrected chi connectivity index (χ3v) is 4.65. The number of benzene rings is 3. The van der Waals surface area contributed by atoms with Crippen LogP contribution in [0, 0.1) is 11.2 Å². The molecule has 148 valence electrons. The Morgan fingerprint density at radius 1 is 1.00 bits per heavy atom. The molecule has 0 aliphatic heterocycles. The van der Waals surface area contributed by atoms with E-state index in [1.54, 1.807) is 6.92 Å². The van der Waals surface area contributed by atoms with Gasteiger partial charge in [-0.2, -0.15) is 4.39 Å². The Kier molecular flexibility index (Phi) is 6.07. The summed E-state index contributed by atoms with van der Waals surface area (Å²) in [5.74, 6) is -2.14. The average molecular weight is 391 g/mol. The number of ketones is 1. The van der Waals surface area contributed by atoms with Crippen LogP contribution in [0.1, 0.15) is 46.5 Å². The fraction of sp³-hybridized carbons (Fsp3) is 0.167. The Balaban J connectivity index is 1.66. The van der Waals surface area contributed by atoms with E-state index in [4.69, 9.17) is 10.1 Å². The van der Waals surface area contributed by atoms with Gasteiger partial charge in [0.15, 0.2) is 17.3 Å². The minimum Gasteiger partial charge on any atom is -0.504 e. The van der Waals surface area contributed by atoms with E-state index in [-0.39, 0.29) is 17.9 Å². The summed E-state index contributed by atoms with van der Waals surface area (Å²) in [5, 5.41) is 17.5.